The predicted molar refractivity (Wildman–Crippen MR) is 71.2 cm³/mol. The average molecular weight is 300 g/mol. The Morgan fingerprint density at radius 1 is 1.45 bits per heavy atom. The van der Waals surface area contributed by atoms with Gasteiger partial charge in [0.2, 0.25) is 5.91 Å². The van der Waals surface area contributed by atoms with Crippen molar-refractivity contribution in [1.29, 1.82) is 0 Å². The predicted octanol–water partition coefficient (Wildman–Crippen LogP) is -0.0609. The number of primary amides is 1. The van der Waals surface area contributed by atoms with Gasteiger partial charge >= 0.3 is 5.97 Å². The minimum atomic E-state index is -1.21. The van der Waals surface area contributed by atoms with E-state index in [4.69, 9.17) is 10.8 Å². The van der Waals surface area contributed by atoms with Crippen LogP contribution in [-0.4, -0.2) is 38.5 Å². The molecule has 1 unspecified atom stereocenters. The molecule has 0 aliphatic rings. The van der Waals surface area contributed by atoms with E-state index in [0.717, 1.165) is 18.0 Å². The minimum absolute atomic E-state index is 0.0499. The highest BCUT2D eigenvalue weighted by molar-refractivity contribution is 7.08. The number of hydrogen-bond acceptors (Lipinski definition) is 6. The number of carbonyl (C=O) groups excluding carboxylic acids is 2. The third-order valence-electron chi connectivity index (χ3n) is 2.53. The largest absolute Gasteiger partial charge is 0.480 e. The highest BCUT2D eigenvalue weighted by Gasteiger charge is 2.24. The van der Waals surface area contributed by atoms with Crippen LogP contribution >= 0.6 is 11.5 Å². The third kappa shape index (κ3) is 4.57. The molecule has 20 heavy (non-hydrogen) atoms. The number of carbonyl (C=O) groups is 3. The van der Waals surface area contributed by atoms with E-state index in [9.17, 15) is 14.4 Å². The maximum Gasteiger partial charge on any atom is 0.326 e. The molecule has 0 saturated heterocycles. The van der Waals surface area contributed by atoms with E-state index in [0.29, 0.717) is 17.0 Å². The average Bonchev–Trinajstić information content (AvgIpc) is 2.82. The number of hydrogen-bond donors (Lipinski definition) is 3. The summed E-state index contributed by atoms with van der Waals surface area (Å²) >= 11 is 0.918. The maximum atomic E-state index is 12.0. The van der Waals surface area contributed by atoms with E-state index in [2.05, 4.69) is 14.9 Å². The van der Waals surface area contributed by atoms with E-state index in [1.54, 1.807) is 0 Å². The monoisotopic (exact) mass is 300 g/mol. The lowest BCUT2D eigenvalue weighted by atomic mass is 10.1. The lowest BCUT2D eigenvalue weighted by molar-refractivity contribution is -0.139. The molecule has 2 amide bonds. The molecule has 1 heterocycles. The number of carboxylic acid groups (broad SMARTS) is 1. The molecule has 1 atom stereocenters. The molecule has 1 aromatic heterocycles. The summed E-state index contributed by atoms with van der Waals surface area (Å²) in [7, 11) is 0. The zero-order valence-corrected chi connectivity index (χ0v) is 11.8. The number of aryl methyl sites for hydroxylation is 1. The third-order valence-corrected chi connectivity index (χ3v) is 3.30. The highest BCUT2D eigenvalue weighted by atomic mass is 32.1. The summed E-state index contributed by atoms with van der Waals surface area (Å²) in [5, 5.41) is 15.2. The molecule has 9 heteroatoms. The van der Waals surface area contributed by atoms with Gasteiger partial charge in [-0.1, -0.05) is 17.8 Å². The van der Waals surface area contributed by atoms with Gasteiger partial charge in [0.05, 0.1) is 5.69 Å². The van der Waals surface area contributed by atoms with Gasteiger partial charge in [-0.25, -0.2) is 4.79 Å². The Balaban J connectivity index is 2.72. The zero-order chi connectivity index (χ0) is 15.1. The van der Waals surface area contributed by atoms with Crippen molar-refractivity contribution in [3.05, 3.63) is 10.6 Å². The number of aromatic nitrogens is 2. The van der Waals surface area contributed by atoms with Crippen LogP contribution in [0.1, 0.15) is 41.6 Å². The van der Waals surface area contributed by atoms with Crippen LogP contribution < -0.4 is 11.1 Å². The summed E-state index contributed by atoms with van der Waals surface area (Å²) in [5.74, 6) is -2.37. The van der Waals surface area contributed by atoms with Crippen molar-refractivity contribution in [3.8, 4) is 0 Å². The Morgan fingerprint density at radius 3 is 2.70 bits per heavy atom. The second-order valence-corrected chi connectivity index (χ2v) is 4.92. The van der Waals surface area contributed by atoms with Gasteiger partial charge in [-0.15, -0.1) is 5.10 Å². The van der Waals surface area contributed by atoms with Crippen molar-refractivity contribution in [2.24, 2.45) is 5.73 Å². The number of nitrogens with one attached hydrogen (secondary N) is 1. The molecule has 0 aromatic carbocycles. The first kappa shape index (κ1) is 16.0. The number of aliphatic carboxylic acids is 1. The molecule has 1 rings (SSSR count). The van der Waals surface area contributed by atoms with Crippen molar-refractivity contribution in [2.45, 2.75) is 38.6 Å². The molecule has 8 nitrogen and oxygen atoms in total. The lowest BCUT2D eigenvalue weighted by Gasteiger charge is -2.13. The Kier molecular flexibility index (Phi) is 6.04. The van der Waals surface area contributed by atoms with Crippen LogP contribution in [0.4, 0.5) is 0 Å². The van der Waals surface area contributed by atoms with E-state index >= 15 is 0 Å². The van der Waals surface area contributed by atoms with Gasteiger partial charge in [-0.2, -0.15) is 0 Å². The van der Waals surface area contributed by atoms with Crippen molar-refractivity contribution in [1.82, 2.24) is 14.9 Å². The Bertz CT molecular complexity index is 502. The summed E-state index contributed by atoms with van der Waals surface area (Å²) in [4.78, 5) is 34.0. The first-order valence-electron chi connectivity index (χ1n) is 6.08. The van der Waals surface area contributed by atoms with Crippen molar-refractivity contribution in [2.75, 3.05) is 0 Å². The summed E-state index contributed by atoms with van der Waals surface area (Å²) in [6.07, 6.45) is 1.24. The van der Waals surface area contributed by atoms with E-state index in [-0.39, 0.29) is 12.8 Å². The van der Waals surface area contributed by atoms with E-state index < -0.39 is 23.8 Å². The Labute approximate surface area is 119 Å². The standard InChI is InChI=1S/C11H16N4O4S/c1-2-3-6-9(20-15-14-6)10(17)13-7(11(18)19)4-5-8(12)16/h7H,2-5H2,1H3,(H2,12,16)(H,13,17)(H,18,19). The van der Waals surface area contributed by atoms with E-state index in [1.807, 2.05) is 6.92 Å². The Hall–Kier alpha value is -2.03. The number of rotatable bonds is 8. The van der Waals surface area contributed by atoms with Gasteiger partial charge in [0.25, 0.3) is 5.91 Å². The molecule has 0 aliphatic heterocycles. The van der Waals surface area contributed by atoms with Gasteiger partial charge in [-0.3, -0.25) is 9.59 Å². The summed E-state index contributed by atoms with van der Waals surface area (Å²) < 4.78 is 3.70. The fourth-order valence-electron chi connectivity index (χ4n) is 1.55. The van der Waals surface area contributed by atoms with Gasteiger partial charge in [0.1, 0.15) is 10.9 Å². The van der Waals surface area contributed by atoms with Crippen LogP contribution in [0.25, 0.3) is 0 Å². The molecule has 0 saturated carbocycles. The SMILES string of the molecule is CCCc1nnsc1C(=O)NC(CCC(N)=O)C(=O)O. The quantitative estimate of drug-likeness (QED) is 0.615. The number of amides is 2. The summed E-state index contributed by atoms with van der Waals surface area (Å²) in [5.41, 5.74) is 5.52. The van der Waals surface area contributed by atoms with Gasteiger partial charge < -0.3 is 16.2 Å². The molecule has 0 bridgehead atoms. The van der Waals surface area contributed by atoms with Gasteiger partial charge in [0.15, 0.2) is 0 Å². The molecule has 0 radical (unpaired) electrons. The molecular formula is C11H16N4O4S. The van der Waals surface area contributed by atoms with Crippen LogP contribution in [0.5, 0.6) is 0 Å². The molecule has 0 aliphatic carbocycles. The van der Waals surface area contributed by atoms with Gasteiger partial charge in [0, 0.05) is 6.42 Å². The molecule has 0 fully saturated rings. The summed E-state index contributed by atoms with van der Waals surface area (Å²) in [6, 6.07) is -1.16. The van der Waals surface area contributed by atoms with Crippen LogP contribution in [0.2, 0.25) is 0 Å². The second-order valence-electron chi connectivity index (χ2n) is 4.17. The fraction of sp³-hybridized carbons (Fsp3) is 0.545. The van der Waals surface area contributed by atoms with Crippen LogP contribution in [0.15, 0.2) is 0 Å². The molecule has 0 spiro atoms. The lowest BCUT2D eigenvalue weighted by Crippen LogP contribution is -2.41. The molecular weight excluding hydrogens is 284 g/mol. The van der Waals surface area contributed by atoms with Crippen LogP contribution in [0.3, 0.4) is 0 Å². The normalized spacial score (nSPS) is 11.8. The topological polar surface area (TPSA) is 135 Å². The van der Waals surface area contributed by atoms with Crippen molar-refractivity contribution < 1.29 is 19.5 Å². The van der Waals surface area contributed by atoms with E-state index in [1.165, 1.54) is 0 Å². The smallest absolute Gasteiger partial charge is 0.326 e. The molecule has 1 aromatic rings. The highest BCUT2D eigenvalue weighted by Crippen LogP contribution is 2.13. The number of nitrogens with two attached hydrogens (primary N) is 1. The Morgan fingerprint density at radius 2 is 2.15 bits per heavy atom. The second kappa shape index (κ2) is 7.53. The minimum Gasteiger partial charge on any atom is -0.480 e. The first-order chi connectivity index (χ1) is 9.45. The van der Waals surface area contributed by atoms with Crippen LogP contribution in [0, 0.1) is 0 Å². The maximum absolute atomic E-state index is 12.0. The van der Waals surface area contributed by atoms with Crippen molar-refractivity contribution >= 4 is 29.3 Å². The molecule has 4 N–H and O–H groups in total. The summed E-state index contributed by atoms with van der Waals surface area (Å²) in [6.45, 7) is 1.94. The first-order valence-corrected chi connectivity index (χ1v) is 6.86. The van der Waals surface area contributed by atoms with Gasteiger partial charge in [-0.05, 0) is 24.4 Å². The zero-order valence-electron chi connectivity index (χ0n) is 11.0. The van der Waals surface area contributed by atoms with Crippen LogP contribution in [-0.2, 0) is 16.0 Å². The molecule has 110 valence electrons. The fourth-order valence-corrected chi connectivity index (χ4v) is 2.16. The number of nitrogens with zero attached hydrogens (tertiary/aromatic N) is 2. The number of carboxylic acids is 1. The van der Waals surface area contributed by atoms with Crippen molar-refractivity contribution in [3.63, 3.8) is 0 Å².